The van der Waals surface area contributed by atoms with Crippen LogP contribution >= 0.6 is 11.6 Å². The molecule has 0 bridgehead atoms. The van der Waals surface area contributed by atoms with Crippen molar-refractivity contribution in [2.24, 2.45) is 0 Å². The molecule has 0 fully saturated rings. The molecule has 0 unspecified atom stereocenters. The van der Waals surface area contributed by atoms with Crippen molar-refractivity contribution >= 4 is 34.7 Å². The highest BCUT2D eigenvalue weighted by atomic mass is 35.5. The van der Waals surface area contributed by atoms with Crippen LogP contribution in [0.5, 0.6) is 23.0 Å². The van der Waals surface area contributed by atoms with Crippen molar-refractivity contribution in [3.8, 4) is 23.0 Å². The minimum absolute atomic E-state index is 0.0648. The number of para-hydroxylation sites is 2. The van der Waals surface area contributed by atoms with Gasteiger partial charge in [-0.3, -0.25) is 14.5 Å². The second-order valence-corrected chi connectivity index (χ2v) is 11.3. The molecule has 230 valence electrons. The number of carbonyl (C=O) groups excluding carboxylic acids is 2. The van der Waals surface area contributed by atoms with Gasteiger partial charge >= 0.3 is 0 Å². The number of halogens is 1. The first-order chi connectivity index (χ1) is 21.9. The normalized spacial score (nSPS) is 17.4. The summed E-state index contributed by atoms with van der Waals surface area (Å²) in [6, 6.07) is 24.9. The number of nitrogens with one attached hydrogen (secondary N) is 1. The van der Waals surface area contributed by atoms with Gasteiger partial charge in [0.15, 0.2) is 17.3 Å². The fourth-order valence-corrected chi connectivity index (χ4v) is 6.36. The molecular weight excluding hydrogens is 592 g/mol. The molecule has 45 heavy (non-hydrogen) atoms. The van der Waals surface area contributed by atoms with Crippen LogP contribution in [-0.2, 0) is 4.79 Å². The van der Waals surface area contributed by atoms with E-state index in [1.165, 1.54) is 21.3 Å². The van der Waals surface area contributed by atoms with Gasteiger partial charge in [0.25, 0.3) is 5.91 Å². The quantitative estimate of drug-likeness (QED) is 0.227. The van der Waals surface area contributed by atoms with E-state index in [4.69, 9.17) is 30.5 Å². The topological polar surface area (TPSA) is 86.3 Å². The van der Waals surface area contributed by atoms with E-state index in [1.54, 1.807) is 48.4 Å². The molecule has 2 atom stereocenters. The van der Waals surface area contributed by atoms with E-state index in [1.807, 2.05) is 48.5 Å². The number of hydrogen-bond donors (Lipinski definition) is 1. The highest BCUT2D eigenvalue weighted by Crippen LogP contribution is 2.50. The summed E-state index contributed by atoms with van der Waals surface area (Å²) < 4.78 is 22.4. The molecule has 0 saturated heterocycles. The number of ether oxygens (including phenoxy) is 4. The van der Waals surface area contributed by atoms with E-state index in [2.05, 4.69) is 5.32 Å². The number of rotatable bonds is 7. The highest BCUT2D eigenvalue weighted by molar-refractivity contribution is 6.30. The lowest BCUT2D eigenvalue weighted by molar-refractivity contribution is -0.116. The number of Topliss-reactive ketones (excluding diaryl/α,β-unsaturated/α-hetero) is 1. The summed E-state index contributed by atoms with van der Waals surface area (Å²) in [6.45, 7) is 0. The highest BCUT2D eigenvalue weighted by Gasteiger charge is 2.42. The third-order valence-corrected chi connectivity index (χ3v) is 8.64. The Morgan fingerprint density at radius 3 is 2.09 bits per heavy atom. The number of ketones is 1. The number of nitrogens with zero attached hydrogens (tertiary/aromatic N) is 1. The van der Waals surface area contributed by atoms with Crippen LogP contribution in [0.4, 0.5) is 11.4 Å². The van der Waals surface area contributed by atoms with E-state index in [-0.39, 0.29) is 24.0 Å². The van der Waals surface area contributed by atoms with Gasteiger partial charge in [-0.1, -0.05) is 35.9 Å². The molecule has 0 spiro atoms. The van der Waals surface area contributed by atoms with Gasteiger partial charge in [0, 0.05) is 28.3 Å². The van der Waals surface area contributed by atoms with E-state index >= 15 is 0 Å². The predicted molar refractivity (Wildman–Crippen MR) is 174 cm³/mol. The first kappa shape index (κ1) is 30.1. The summed E-state index contributed by atoms with van der Waals surface area (Å²) >= 11 is 6.19. The summed E-state index contributed by atoms with van der Waals surface area (Å²) in [5, 5.41) is 4.09. The lowest BCUT2D eigenvalue weighted by Crippen LogP contribution is -2.38. The maximum Gasteiger partial charge on any atom is 0.259 e. The first-order valence-electron chi connectivity index (χ1n) is 14.5. The van der Waals surface area contributed by atoms with Gasteiger partial charge in [-0.05, 0) is 84.1 Å². The zero-order valence-corrected chi connectivity index (χ0v) is 26.2. The summed E-state index contributed by atoms with van der Waals surface area (Å²) in [5.41, 5.74) is 4.69. The van der Waals surface area contributed by atoms with Crippen molar-refractivity contribution < 1.29 is 28.5 Å². The molecule has 4 aromatic carbocycles. The largest absolute Gasteiger partial charge is 0.497 e. The number of allylic oxidation sites excluding steroid dienone is 1. The number of fused-ring (bicyclic) bond motifs is 1. The third-order valence-electron chi connectivity index (χ3n) is 8.39. The van der Waals surface area contributed by atoms with Crippen LogP contribution in [0.1, 0.15) is 46.3 Å². The fourth-order valence-electron chi connectivity index (χ4n) is 6.23. The molecule has 9 heteroatoms. The number of benzene rings is 4. The molecule has 1 aliphatic heterocycles. The van der Waals surface area contributed by atoms with E-state index in [0.29, 0.717) is 56.8 Å². The Kier molecular flexibility index (Phi) is 8.41. The summed E-state index contributed by atoms with van der Waals surface area (Å²) in [4.78, 5) is 30.7. The molecule has 1 amide bonds. The van der Waals surface area contributed by atoms with Gasteiger partial charge in [-0.15, -0.1) is 0 Å². The maximum absolute atomic E-state index is 14.6. The van der Waals surface area contributed by atoms with Gasteiger partial charge in [-0.2, -0.15) is 0 Å². The number of hydrogen-bond acceptors (Lipinski definition) is 7. The molecule has 8 nitrogen and oxygen atoms in total. The molecule has 0 aromatic heterocycles. The molecule has 0 radical (unpaired) electrons. The molecule has 1 heterocycles. The van der Waals surface area contributed by atoms with Crippen LogP contribution in [0.15, 0.2) is 96.2 Å². The average Bonchev–Trinajstić information content (AvgIpc) is 3.22. The van der Waals surface area contributed by atoms with Gasteiger partial charge in [0.1, 0.15) is 5.75 Å². The van der Waals surface area contributed by atoms with Crippen LogP contribution in [0.25, 0.3) is 0 Å². The second kappa shape index (κ2) is 12.6. The Hall–Kier alpha value is -4.95. The minimum Gasteiger partial charge on any atom is -0.497 e. The zero-order chi connectivity index (χ0) is 31.7. The molecular formula is C36H33ClN2O6. The molecule has 6 rings (SSSR count). The molecule has 2 aliphatic rings. The first-order valence-corrected chi connectivity index (χ1v) is 14.9. The number of methoxy groups -OCH3 is 4. The lowest BCUT2D eigenvalue weighted by atomic mass is 9.78. The Bertz CT molecular complexity index is 1760. The van der Waals surface area contributed by atoms with Crippen molar-refractivity contribution in [2.45, 2.75) is 24.8 Å². The zero-order valence-electron chi connectivity index (χ0n) is 25.4. The second-order valence-electron chi connectivity index (χ2n) is 10.9. The summed E-state index contributed by atoms with van der Waals surface area (Å²) in [5.74, 6) is 1.57. The number of amides is 1. The van der Waals surface area contributed by atoms with Crippen LogP contribution in [0.3, 0.4) is 0 Å². The van der Waals surface area contributed by atoms with Gasteiger partial charge in [-0.25, -0.2) is 0 Å². The van der Waals surface area contributed by atoms with Gasteiger partial charge in [0.05, 0.1) is 45.9 Å². The molecule has 1 N–H and O–H groups in total. The number of carbonyl (C=O) groups is 2. The smallest absolute Gasteiger partial charge is 0.259 e. The van der Waals surface area contributed by atoms with Crippen molar-refractivity contribution in [2.75, 3.05) is 38.7 Å². The fraction of sp³-hybridized carbons (Fsp3) is 0.222. The third kappa shape index (κ3) is 5.58. The monoisotopic (exact) mass is 624 g/mol. The molecule has 1 aliphatic carbocycles. The standard InChI is InChI=1S/C36H33ClN2O6/c1-42-26-15-11-21(12-16-26)23-17-28-33(30(40)18-23)34(24-19-31(43-2)35(45-4)32(20-24)44-3)39(29-8-6-5-7-27(29)38-28)36(41)22-9-13-25(37)14-10-22/h5-16,19-20,23,34,38H,17-18H2,1-4H3/t23-,34-/m1/s1. The average molecular weight is 625 g/mol. The van der Waals surface area contributed by atoms with Crippen LogP contribution < -0.4 is 29.2 Å². The SMILES string of the molecule is COc1ccc([C@H]2CC(=O)C3=C(C2)Nc2ccccc2N(C(=O)c2ccc(Cl)cc2)[C@@H]3c2cc(OC)c(OC)c(OC)c2)cc1. The lowest BCUT2D eigenvalue weighted by Gasteiger charge is -2.35. The Morgan fingerprint density at radius 1 is 0.800 bits per heavy atom. The van der Waals surface area contributed by atoms with Crippen molar-refractivity contribution in [1.82, 2.24) is 0 Å². The van der Waals surface area contributed by atoms with Crippen molar-refractivity contribution in [3.63, 3.8) is 0 Å². The van der Waals surface area contributed by atoms with Gasteiger partial charge < -0.3 is 24.3 Å². The maximum atomic E-state index is 14.6. The van der Waals surface area contributed by atoms with Crippen LogP contribution in [0.2, 0.25) is 5.02 Å². The Balaban J connectivity index is 1.59. The number of anilines is 2. The summed E-state index contributed by atoms with van der Waals surface area (Å²) in [6.07, 6.45) is 0.832. The van der Waals surface area contributed by atoms with Crippen molar-refractivity contribution in [1.29, 1.82) is 0 Å². The van der Waals surface area contributed by atoms with Gasteiger partial charge in [0.2, 0.25) is 5.75 Å². The Morgan fingerprint density at radius 2 is 1.47 bits per heavy atom. The van der Waals surface area contributed by atoms with Crippen LogP contribution in [-0.4, -0.2) is 40.1 Å². The van der Waals surface area contributed by atoms with Crippen LogP contribution in [0, 0.1) is 0 Å². The predicted octanol–water partition coefficient (Wildman–Crippen LogP) is 7.59. The Labute approximate surface area is 267 Å². The van der Waals surface area contributed by atoms with E-state index in [0.717, 1.165) is 17.0 Å². The minimum atomic E-state index is -0.822. The molecule has 0 saturated carbocycles. The van der Waals surface area contributed by atoms with Crippen molar-refractivity contribution in [3.05, 3.63) is 118 Å². The summed E-state index contributed by atoms with van der Waals surface area (Å²) in [7, 11) is 6.24. The van der Waals surface area contributed by atoms with E-state index in [9.17, 15) is 9.59 Å². The molecule has 4 aromatic rings. The van der Waals surface area contributed by atoms with E-state index < -0.39 is 6.04 Å².